The smallest absolute Gasteiger partial charge is 0.108 e. The molecule has 140 valence electrons. The normalized spacial score (nSPS) is 20.7. The number of aliphatic hydroxyl groups excluding tert-OH is 2. The van der Waals surface area contributed by atoms with Gasteiger partial charge in [0, 0.05) is 13.1 Å². The molecule has 1 aliphatic rings. The van der Waals surface area contributed by atoms with Gasteiger partial charge in [0.05, 0.1) is 18.8 Å². The average Bonchev–Trinajstić information content (AvgIpc) is 2.64. The number of benzene rings is 2. The maximum Gasteiger partial charge on any atom is 0.108 e. The van der Waals surface area contributed by atoms with Crippen LogP contribution in [0.3, 0.4) is 0 Å². The zero-order valence-corrected chi connectivity index (χ0v) is 15.4. The summed E-state index contributed by atoms with van der Waals surface area (Å²) in [6.07, 6.45) is 0.785. The van der Waals surface area contributed by atoms with E-state index in [4.69, 9.17) is 4.74 Å². The van der Waals surface area contributed by atoms with Gasteiger partial charge in [-0.3, -0.25) is 4.90 Å². The monoisotopic (exact) mass is 355 g/mol. The minimum absolute atomic E-state index is 0.195. The summed E-state index contributed by atoms with van der Waals surface area (Å²) in [6, 6.07) is 18.3. The molecular formula is C22H29NO3. The van der Waals surface area contributed by atoms with Crippen molar-refractivity contribution in [3.63, 3.8) is 0 Å². The van der Waals surface area contributed by atoms with E-state index in [0.29, 0.717) is 13.1 Å². The van der Waals surface area contributed by atoms with Gasteiger partial charge in [-0.25, -0.2) is 0 Å². The van der Waals surface area contributed by atoms with Gasteiger partial charge >= 0.3 is 0 Å². The highest BCUT2D eigenvalue weighted by Crippen LogP contribution is 2.28. The number of hydrogen-bond donors (Lipinski definition) is 2. The predicted octanol–water partition coefficient (Wildman–Crippen LogP) is 2.92. The van der Waals surface area contributed by atoms with E-state index in [-0.39, 0.29) is 18.8 Å². The maximum atomic E-state index is 10.5. The zero-order valence-electron chi connectivity index (χ0n) is 15.4. The summed E-state index contributed by atoms with van der Waals surface area (Å²) >= 11 is 0. The summed E-state index contributed by atoms with van der Waals surface area (Å²) in [5.41, 5.74) is 3.39. The quantitative estimate of drug-likeness (QED) is 0.802. The van der Waals surface area contributed by atoms with E-state index >= 15 is 0 Å². The number of ether oxygens (including phenoxy) is 1. The Hall–Kier alpha value is -1.72. The van der Waals surface area contributed by atoms with Crippen LogP contribution in [0.15, 0.2) is 54.6 Å². The molecule has 1 saturated heterocycles. The van der Waals surface area contributed by atoms with Gasteiger partial charge in [-0.15, -0.1) is 0 Å². The lowest BCUT2D eigenvalue weighted by Gasteiger charge is -2.32. The Morgan fingerprint density at radius 3 is 2.58 bits per heavy atom. The molecule has 0 spiro atoms. The van der Waals surface area contributed by atoms with Crippen molar-refractivity contribution >= 4 is 0 Å². The Bertz CT molecular complexity index is 676. The van der Waals surface area contributed by atoms with Crippen LogP contribution in [0.2, 0.25) is 0 Å². The van der Waals surface area contributed by atoms with Gasteiger partial charge in [-0.2, -0.15) is 0 Å². The van der Waals surface area contributed by atoms with Crippen LogP contribution >= 0.6 is 0 Å². The minimum atomic E-state index is -0.574. The van der Waals surface area contributed by atoms with Crippen LogP contribution in [0, 0.1) is 6.92 Å². The first-order chi connectivity index (χ1) is 12.6. The molecule has 2 aromatic carbocycles. The van der Waals surface area contributed by atoms with E-state index in [1.807, 2.05) is 30.3 Å². The van der Waals surface area contributed by atoms with E-state index in [1.165, 1.54) is 5.56 Å². The van der Waals surface area contributed by atoms with Crippen LogP contribution in [0.1, 0.15) is 35.6 Å². The molecule has 3 atom stereocenters. The number of hydrogen-bond acceptors (Lipinski definition) is 4. The van der Waals surface area contributed by atoms with Gasteiger partial charge in [0.15, 0.2) is 0 Å². The second-order valence-electron chi connectivity index (χ2n) is 7.19. The molecule has 2 N–H and O–H groups in total. The molecule has 2 aromatic rings. The number of nitrogens with zero attached hydrogens (tertiary/aromatic N) is 1. The lowest BCUT2D eigenvalue weighted by molar-refractivity contribution is -0.0206. The summed E-state index contributed by atoms with van der Waals surface area (Å²) in [6.45, 7) is 4.44. The summed E-state index contributed by atoms with van der Waals surface area (Å²) in [5.74, 6) is 0. The third kappa shape index (κ3) is 5.15. The van der Waals surface area contributed by atoms with Crippen LogP contribution in [-0.2, 0) is 4.74 Å². The van der Waals surface area contributed by atoms with Crippen molar-refractivity contribution in [1.82, 2.24) is 4.90 Å². The molecule has 0 aliphatic carbocycles. The van der Waals surface area contributed by atoms with Crippen LogP contribution < -0.4 is 0 Å². The van der Waals surface area contributed by atoms with Crippen LogP contribution in [0.4, 0.5) is 0 Å². The second kappa shape index (κ2) is 9.28. The largest absolute Gasteiger partial charge is 0.392 e. The van der Waals surface area contributed by atoms with E-state index in [9.17, 15) is 10.2 Å². The van der Waals surface area contributed by atoms with Crippen molar-refractivity contribution in [2.24, 2.45) is 0 Å². The van der Waals surface area contributed by atoms with Gasteiger partial charge in [-0.1, -0.05) is 54.6 Å². The standard InChI is InChI=1S/C22H29NO3/c1-17-8-5-6-12-21(17)22(18-9-3-2-4-10-18)26-16-20(25)15-23-13-7-11-19(24)14-23/h2-6,8-10,12,19-20,22,24-25H,7,11,13-16H2,1H3/t19-,20-,22+/m0/s1. The number of aryl methyl sites for hydroxylation is 1. The molecule has 1 heterocycles. The highest BCUT2D eigenvalue weighted by atomic mass is 16.5. The van der Waals surface area contributed by atoms with Crippen LogP contribution in [-0.4, -0.2) is 53.6 Å². The van der Waals surface area contributed by atoms with E-state index < -0.39 is 6.10 Å². The van der Waals surface area contributed by atoms with Gasteiger partial charge in [0.25, 0.3) is 0 Å². The Morgan fingerprint density at radius 2 is 1.85 bits per heavy atom. The van der Waals surface area contributed by atoms with Crippen LogP contribution in [0.5, 0.6) is 0 Å². The second-order valence-corrected chi connectivity index (χ2v) is 7.19. The maximum absolute atomic E-state index is 10.5. The molecule has 4 heteroatoms. The number of rotatable bonds is 7. The highest BCUT2D eigenvalue weighted by Gasteiger charge is 2.22. The van der Waals surface area contributed by atoms with E-state index in [2.05, 4.69) is 36.1 Å². The molecule has 0 amide bonds. The first-order valence-electron chi connectivity index (χ1n) is 9.44. The average molecular weight is 355 g/mol. The molecule has 1 aliphatic heterocycles. The number of likely N-dealkylation sites (tertiary alicyclic amines) is 1. The molecular weight excluding hydrogens is 326 g/mol. The third-order valence-electron chi connectivity index (χ3n) is 4.98. The molecule has 26 heavy (non-hydrogen) atoms. The first kappa shape index (κ1) is 19.1. The summed E-state index contributed by atoms with van der Waals surface area (Å²) < 4.78 is 6.19. The molecule has 0 bridgehead atoms. The lowest BCUT2D eigenvalue weighted by atomic mass is 9.97. The predicted molar refractivity (Wildman–Crippen MR) is 103 cm³/mol. The summed E-state index contributed by atoms with van der Waals surface area (Å²) in [5, 5.41) is 20.2. The number of β-amino-alcohol motifs (C(OH)–C–C–N with tert-alkyl or cyclic N) is 2. The molecule has 3 rings (SSSR count). The molecule has 0 saturated carbocycles. The zero-order chi connectivity index (χ0) is 18.4. The topological polar surface area (TPSA) is 52.9 Å². The highest BCUT2D eigenvalue weighted by molar-refractivity contribution is 5.35. The third-order valence-corrected chi connectivity index (χ3v) is 4.98. The van der Waals surface area contributed by atoms with Gasteiger partial charge < -0.3 is 14.9 Å². The molecule has 1 fully saturated rings. The van der Waals surface area contributed by atoms with Gasteiger partial charge in [0.2, 0.25) is 0 Å². The fourth-order valence-corrected chi connectivity index (χ4v) is 3.63. The lowest BCUT2D eigenvalue weighted by Crippen LogP contribution is -2.43. The van der Waals surface area contributed by atoms with Crippen molar-refractivity contribution in [2.75, 3.05) is 26.2 Å². The van der Waals surface area contributed by atoms with Crippen molar-refractivity contribution in [2.45, 2.75) is 38.1 Å². The molecule has 0 unspecified atom stereocenters. The van der Waals surface area contributed by atoms with Crippen LogP contribution in [0.25, 0.3) is 0 Å². The number of piperidine rings is 1. The fraction of sp³-hybridized carbons (Fsp3) is 0.455. The fourth-order valence-electron chi connectivity index (χ4n) is 3.63. The molecule has 4 nitrogen and oxygen atoms in total. The Balaban J connectivity index is 1.65. The Kier molecular flexibility index (Phi) is 6.80. The first-order valence-corrected chi connectivity index (χ1v) is 9.44. The molecule has 0 radical (unpaired) electrons. The van der Waals surface area contributed by atoms with Gasteiger partial charge in [0.1, 0.15) is 6.10 Å². The van der Waals surface area contributed by atoms with E-state index in [1.54, 1.807) is 0 Å². The number of aliphatic hydroxyl groups is 2. The molecule has 0 aromatic heterocycles. The SMILES string of the molecule is Cc1ccccc1[C@H](OC[C@@H](O)CN1CCC[C@H](O)C1)c1ccccc1. The summed E-state index contributed by atoms with van der Waals surface area (Å²) in [4.78, 5) is 2.12. The van der Waals surface area contributed by atoms with Crippen molar-refractivity contribution < 1.29 is 14.9 Å². The van der Waals surface area contributed by atoms with E-state index in [0.717, 1.165) is 30.5 Å². The minimum Gasteiger partial charge on any atom is -0.392 e. The Labute approximate surface area is 156 Å². The van der Waals surface area contributed by atoms with Crippen molar-refractivity contribution in [3.05, 3.63) is 71.3 Å². The Morgan fingerprint density at radius 1 is 1.12 bits per heavy atom. The van der Waals surface area contributed by atoms with Crippen molar-refractivity contribution in [1.29, 1.82) is 0 Å². The van der Waals surface area contributed by atoms with Gasteiger partial charge in [-0.05, 0) is 43.0 Å². The van der Waals surface area contributed by atoms with Crippen molar-refractivity contribution in [3.8, 4) is 0 Å². The summed E-state index contributed by atoms with van der Waals surface area (Å²) in [7, 11) is 0.